The summed E-state index contributed by atoms with van der Waals surface area (Å²) in [5, 5.41) is 11.9. The van der Waals surface area contributed by atoms with Crippen molar-refractivity contribution in [2.45, 2.75) is 6.92 Å². The predicted molar refractivity (Wildman–Crippen MR) is 64.2 cm³/mol. The van der Waals surface area contributed by atoms with Gasteiger partial charge in [0.2, 0.25) is 5.91 Å². The van der Waals surface area contributed by atoms with Crippen LogP contribution in [0.25, 0.3) is 0 Å². The fraction of sp³-hybridized carbons (Fsp3) is 0.417. The van der Waals surface area contributed by atoms with Crippen molar-refractivity contribution in [2.75, 3.05) is 32.2 Å². The summed E-state index contributed by atoms with van der Waals surface area (Å²) in [5.74, 6) is -0.0493. The first-order valence-corrected chi connectivity index (χ1v) is 5.29. The molecule has 0 radical (unpaired) electrons. The van der Waals surface area contributed by atoms with Gasteiger partial charge < -0.3 is 19.9 Å². The van der Waals surface area contributed by atoms with E-state index in [9.17, 15) is 9.90 Å². The van der Waals surface area contributed by atoms with Crippen molar-refractivity contribution in [3.05, 3.63) is 23.8 Å². The van der Waals surface area contributed by atoms with Gasteiger partial charge in [-0.1, -0.05) is 0 Å². The number of phenols is 1. The molecule has 0 bridgehead atoms. The molecule has 1 aromatic rings. The van der Waals surface area contributed by atoms with Crippen molar-refractivity contribution in [1.82, 2.24) is 0 Å². The molecule has 0 aromatic heterocycles. The van der Waals surface area contributed by atoms with Gasteiger partial charge in [0.25, 0.3) is 0 Å². The van der Waals surface area contributed by atoms with E-state index in [2.05, 4.69) is 5.32 Å². The first kappa shape index (κ1) is 13.5. The van der Waals surface area contributed by atoms with Crippen molar-refractivity contribution in [3.8, 4) is 5.75 Å². The summed E-state index contributed by atoms with van der Waals surface area (Å²) in [6, 6.07) is 4.76. The number of nitrogens with one attached hydrogen (secondary N) is 1. The highest BCUT2D eigenvalue weighted by Gasteiger charge is 2.05. The minimum absolute atomic E-state index is 0.0102. The van der Waals surface area contributed by atoms with Crippen LogP contribution in [0.2, 0.25) is 0 Å². The molecule has 0 aliphatic carbocycles. The molecule has 5 nitrogen and oxygen atoms in total. The van der Waals surface area contributed by atoms with E-state index in [1.807, 2.05) is 0 Å². The highest BCUT2D eigenvalue weighted by Crippen LogP contribution is 2.19. The number of carbonyl (C=O) groups excluding carboxylic acids is 1. The highest BCUT2D eigenvalue weighted by molar-refractivity contribution is 5.92. The Morgan fingerprint density at radius 3 is 2.82 bits per heavy atom. The van der Waals surface area contributed by atoms with Crippen LogP contribution < -0.4 is 5.32 Å². The highest BCUT2D eigenvalue weighted by atomic mass is 16.5. The number of hydrogen-bond donors (Lipinski definition) is 2. The summed E-state index contributed by atoms with van der Waals surface area (Å²) < 4.78 is 9.87. The van der Waals surface area contributed by atoms with Gasteiger partial charge >= 0.3 is 0 Å². The van der Waals surface area contributed by atoms with E-state index in [-0.39, 0.29) is 18.3 Å². The van der Waals surface area contributed by atoms with Gasteiger partial charge in [-0.25, -0.2) is 0 Å². The summed E-state index contributed by atoms with van der Waals surface area (Å²) in [5.41, 5.74) is 1.47. The molecule has 2 N–H and O–H groups in total. The summed E-state index contributed by atoms with van der Waals surface area (Å²) in [6.45, 7) is 2.65. The van der Waals surface area contributed by atoms with Crippen LogP contribution >= 0.6 is 0 Å². The molecule has 1 rings (SSSR count). The fourth-order valence-electron chi connectivity index (χ4n) is 1.28. The van der Waals surface area contributed by atoms with E-state index in [1.54, 1.807) is 26.2 Å². The first-order chi connectivity index (χ1) is 8.13. The number of carbonyl (C=O) groups is 1. The topological polar surface area (TPSA) is 67.8 Å². The van der Waals surface area contributed by atoms with Crippen LogP contribution in [-0.2, 0) is 14.3 Å². The number of phenolic OH excluding ortho intramolecular Hbond substituents is 1. The van der Waals surface area contributed by atoms with Crippen molar-refractivity contribution in [2.24, 2.45) is 0 Å². The van der Waals surface area contributed by atoms with Crippen molar-refractivity contribution in [1.29, 1.82) is 0 Å². The molecule has 0 aliphatic rings. The van der Waals surface area contributed by atoms with Gasteiger partial charge in [0, 0.05) is 12.8 Å². The van der Waals surface area contributed by atoms with Crippen molar-refractivity contribution in [3.63, 3.8) is 0 Å². The third-order valence-electron chi connectivity index (χ3n) is 2.15. The molecule has 0 heterocycles. The summed E-state index contributed by atoms with van der Waals surface area (Å²) in [4.78, 5) is 11.5. The van der Waals surface area contributed by atoms with Crippen LogP contribution in [0.4, 0.5) is 5.69 Å². The number of hydrogen-bond acceptors (Lipinski definition) is 4. The second kappa shape index (κ2) is 6.88. The minimum Gasteiger partial charge on any atom is -0.508 e. The largest absolute Gasteiger partial charge is 0.508 e. The number of ether oxygens (including phenoxy) is 2. The molecular weight excluding hydrogens is 222 g/mol. The molecular formula is C12H17NO4. The maximum atomic E-state index is 11.5. The SMILES string of the molecule is COCCOCC(=O)Nc1ccc(O)cc1C. The zero-order valence-corrected chi connectivity index (χ0v) is 10.0. The molecule has 1 amide bonds. The van der Waals surface area contributed by atoms with Gasteiger partial charge in [-0.05, 0) is 30.7 Å². The monoisotopic (exact) mass is 239 g/mol. The average molecular weight is 239 g/mol. The molecule has 0 saturated heterocycles. The molecule has 0 saturated carbocycles. The molecule has 5 heteroatoms. The number of aromatic hydroxyl groups is 1. The maximum Gasteiger partial charge on any atom is 0.250 e. The molecule has 0 unspecified atom stereocenters. The van der Waals surface area contributed by atoms with Crippen LogP contribution in [-0.4, -0.2) is 37.9 Å². The van der Waals surface area contributed by atoms with Crippen molar-refractivity contribution >= 4 is 11.6 Å². The third-order valence-corrected chi connectivity index (χ3v) is 2.15. The van der Waals surface area contributed by atoms with Crippen LogP contribution in [0.5, 0.6) is 5.75 Å². The number of aryl methyl sites for hydroxylation is 1. The molecule has 1 aromatic carbocycles. The van der Waals surface area contributed by atoms with Crippen LogP contribution in [0, 0.1) is 6.92 Å². The van der Waals surface area contributed by atoms with E-state index in [1.165, 1.54) is 6.07 Å². The Bertz CT molecular complexity index is 379. The van der Waals surface area contributed by atoms with Gasteiger partial charge in [0.1, 0.15) is 12.4 Å². The van der Waals surface area contributed by atoms with Gasteiger partial charge in [-0.2, -0.15) is 0 Å². The molecule has 0 spiro atoms. The smallest absolute Gasteiger partial charge is 0.250 e. The fourth-order valence-corrected chi connectivity index (χ4v) is 1.28. The number of rotatable bonds is 6. The van der Waals surface area contributed by atoms with Gasteiger partial charge in [-0.15, -0.1) is 0 Å². The number of methoxy groups -OCH3 is 1. The lowest BCUT2D eigenvalue weighted by molar-refractivity contribution is -0.121. The number of amides is 1. The van der Waals surface area contributed by atoms with Crippen molar-refractivity contribution < 1.29 is 19.4 Å². The Morgan fingerprint density at radius 1 is 1.41 bits per heavy atom. The molecule has 0 atom stereocenters. The molecule has 94 valence electrons. The lowest BCUT2D eigenvalue weighted by atomic mass is 10.2. The molecule has 0 aliphatic heterocycles. The van der Waals surface area contributed by atoms with Gasteiger partial charge in [0.15, 0.2) is 0 Å². The summed E-state index contributed by atoms with van der Waals surface area (Å²) in [7, 11) is 1.57. The molecule has 17 heavy (non-hydrogen) atoms. The van der Waals surface area contributed by atoms with E-state index < -0.39 is 0 Å². The van der Waals surface area contributed by atoms with Crippen LogP contribution in [0.3, 0.4) is 0 Å². The second-order valence-electron chi connectivity index (χ2n) is 3.59. The standard InChI is InChI=1S/C12H17NO4/c1-9-7-10(14)3-4-11(9)13-12(15)8-17-6-5-16-2/h3-4,7,14H,5-6,8H2,1-2H3,(H,13,15). The lowest BCUT2D eigenvalue weighted by Crippen LogP contribution is -2.20. The van der Waals surface area contributed by atoms with E-state index >= 15 is 0 Å². The second-order valence-corrected chi connectivity index (χ2v) is 3.59. The zero-order valence-electron chi connectivity index (χ0n) is 10.0. The Hall–Kier alpha value is -1.59. The van der Waals surface area contributed by atoms with Crippen LogP contribution in [0.15, 0.2) is 18.2 Å². The van der Waals surface area contributed by atoms with E-state index in [0.717, 1.165) is 5.56 Å². The summed E-state index contributed by atoms with van der Waals surface area (Å²) >= 11 is 0. The Labute approximate surface area is 100 Å². The Kier molecular flexibility index (Phi) is 5.45. The van der Waals surface area contributed by atoms with Gasteiger partial charge in [-0.3, -0.25) is 4.79 Å². The normalized spacial score (nSPS) is 10.2. The van der Waals surface area contributed by atoms with E-state index in [4.69, 9.17) is 9.47 Å². The maximum absolute atomic E-state index is 11.5. The quantitative estimate of drug-likeness (QED) is 0.580. The average Bonchev–Trinajstić information content (AvgIpc) is 2.28. The third kappa shape index (κ3) is 4.84. The Balaban J connectivity index is 2.40. The minimum atomic E-state index is -0.227. The van der Waals surface area contributed by atoms with Gasteiger partial charge in [0.05, 0.1) is 13.2 Å². The number of anilines is 1. The molecule has 0 fully saturated rings. The number of benzene rings is 1. The summed E-state index contributed by atoms with van der Waals surface area (Å²) in [6.07, 6.45) is 0. The van der Waals surface area contributed by atoms with E-state index in [0.29, 0.717) is 18.9 Å². The van der Waals surface area contributed by atoms with Crippen LogP contribution in [0.1, 0.15) is 5.56 Å². The lowest BCUT2D eigenvalue weighted by Gasteiger charge is -2.09. The predicted octanol–water partition coefficient (Wildman–Crippen LogP) is 1.30. The Morgan fingerprint density at radius 2 is 2.18 bits per heavy atom. The zero-order chi connectivity index (χ0) is 12.7. The first-order valence-electron chi connectivity index (χ1n) is 5.29.